The lowest BCUT2D eigenvalue weighted by Crippen LogP contribution is -2.35. The SMILES string of the molecule is CCOc1ccc(C)c(F)c1B(O)O. The Morgan fingerprint density at radius 1 is 1.43 bits per heavy atom. The van der Waals surface area contributed by atoms with Crippen LogP contribution in [0.5, 0.6) is 5.75 Å². The Bertz CT molecular complexity index is 328. The van der Waals surface area contributed by atoms with Crippen LogP contribution < -0.4 is 10.2 Å². The Labute approximate surface area is 82.3 Å². The molecule has 0 spiro atoms. The summed E-state index contributed by atoms with van der Waals surface area (Å²) in [5.41, 5.74) is 0.156. The fraction of sp³-hybridized carbons (Fsp3) is 0.333. The van der Waals surface area contributed by atoms with E-state index in [0.717, 1.165) is 0 Å². The van der Waals surface area contributed by atoms with Crippen molar-refractivity contribution in [2.24, 2.45) is 0 Å². The molecule has 2 N–H and O–H groups in total. The molecule has 0 aliphatic rings. The van der Waals surface area contributed by atoms with Gasteiger partial charge in [-0.25, -0.2) is 4.39 Å². The molecule has 5 heteroatoms. The molecule has 76 valence electrons. The number of hydrogen-bond donors (Lipinski definition) is 2. The first-order valence-electron chi connectivity index (χ1n) is 4.35. The van der Waals surface area contributed by atoms with E-state index in [4.69, 9.17) is 14.8 Å². The maximum atomic E-state index is 13.4. The quantitative estimate of drug-likeness (QED) is 0.682. The van der Waals surface area contributed by atoms with Crippen LogP contribution in [0.1, 0.15) is 12.5 Å². The summed E-state index contributed by atoms with van der Waals surface area (Å²) in [4.78, 5) is 0. The lowest BCUT2D eigenvalue weighted by Gasteiger charge is -2.11. The fourth-order valence-electron chi connectivity index (χ4n) is 1.21. The molecule has 0 aliphatic carbocycles. The molecule has 0 saturated carbocycles. The first-order valence-corrected chi connectivity index (χ1v) is 4.35. The highest BCUT2D eigenvalue weighted by molar-refractivity contribution is 6.59. The highest BCUT2D eigenvalue weighted by Crippen LogP contribution is 2.14. The monoisotopic (exact) mass is 198 g/mol. The number of benzene rings is 1. The number of aryl methyl sites for hydroxylation is 1. The Morgan fingerprint density at radius 2 is 2.07 bits per heavy atom. The molecule has 0 fully saturated rings. The van der Waals surface area contributed by atoms with Gasteiger partial charge in [-0.1, -0.05) is 6.07 Å². The summed E-state index contributed by atoms with van der Waals surface area (Å²) in [7, 11) is -1.85. The zero-order valence-corrected chi connectivity index (χ0v) is 8.12. The van der Waals surface area contributed by atoms with Gasteiger partial charge in [0.15, 0.2) is 0 Å². The largest absolute Gasteiger partial charge is 0.495 e. The predicted octanol–water partition coefficient (Wildman–Crippen LogP) is 0.213. The molecule has 0 unspecified atom stereocenters. The van der Waals surface area contributed by atoms with Crippen LogP contribution in [0.3, 0.4) is 0 Å². The standard InChI is InChI=1S/C9H12BFO3/c1-3-14-7-5-4-6(2)9(11)8(7)10(12)13/h4-5,12-13H,3H2,1-2H3. The average Bonchev–Trinajstić information content (AvgIpc) is 2.11. The van der Waals surface area contributed by atoms with Crippen LogP contribution in [0.25, 0.3) is 0 Å². The predicted molar refractivity (Wildman–Crippen MR) is 52.1 cm³/mol. The van der Waals surface area contributed by atoms with Crippen LogP contribution in [0.2, 0.25) is 0 Å². The van der Waals surface area contributed by atoms with Crippen molar-refractivity contribution in [2.45, 2.75) is 13.8 Å². The number of halogens is 1. The molecule has 1 rings (SSSR count). The van der Waals surface area contributed by atoms with Crippen molar-refractivity contribution in [3.05, 3.63) is 23.5 Å². The van der Waals surface area contributed by atoms with Gasteiger partial charge in [-0.05, 0) is 25.5 Å². The van der Waals surface area contributed by atoms with Crippen LogP contribution >= 0.6 is 0 Å². The van der Waals surface area contributed by atoms with Crippen LogP contribution in [0, 0.1) is 12.7 Å². The van der Waals surface area contributed by atoms with Crippen molar-refractivity contribution >= 4 is 12.6 Å². The van der Waals surface area contributed by atoms with Crippen LogP contribution in [-0.4, -0.2) is 23.8 Å². The summed E-state index contributed by atoms with van der Waals surface area (Å²) in [6.45, 7) is 3.64. The highest BCUT2D eigenvalue weighted by atomic mass is 19.1. The number of hydrogen-bond acceptors (Lipinski definition) is 3. The molecule has 0 atom stereocenters. The van der Waals surface area contributed by atoms with E-state index in [-0.39, 0.29) is 11.2 Å². The smallest absolute Gasteiger partial charge is 0.494 e. The molecule has 14 heavy (non-hydrogen) atoms. The molecular weight excluding hydrogens is 186 g/mol. The third-order valence-corrected chi connectivity index (χ3v) is 1.89. The van der Waals surface area contributed by atoms with E-state index in [1.807, 2.05) is 0 Å². The molecule has 1 aromatic rings. The van der Waals surface area contributed by atoms with E-state index in [1.165, 1.54) is 12.1 Å². The van der Waals surface area contributed by atoms with Gasteiger partial charge in [0.1, 0.15) is 11.6 Å². The normalized spacial score (nSPS) is 10.1. The maximum Gasteiger partial charge on any atom is 0.495 e. The van der Waals surface area contributed by atoms with Crippen molar-refractivity contribution in [1.82, 2.24) is 0 Å². The number of ether oxygens (including phenoxy) is 1. The summed E-state index contributed by atoms with van der Waals surface area (Å²) < 4.78 is 18.5. The van der Waals surface area contributed by atoms with Crippen molar-refractivity contribution < 1.29 is 19.2 Å². The van der Waals surface area contributed by atoms with E-state index in [2.05, 4.69) is 0 Å². The first kappa shape index (κ1) is 11.0. The molecule has 1 aromatic carbocycles. The van der Waals surface area contributed by atoms with Crippen molar-refractivity contribution in [2.75, 3.05) is 6.61 Å². The fourth-order valence-corrected chi connectivity index (χ4v) is 1.21. The molecule has 3 nitrogen and oxygen atoms in total. The van der Waals surface area contributed by atoms with Crippen LogP contribution in [-0.2, 0) is 0 Å². The van der Waals surface area contributed by atoms with Gasteiger partial charge in [0.25, 0.3) is 0 Å². The molecule has 0 radical (unpaired) electrons. The van der Waals surface area contributed by atoms with Crippen LogP contribution in [0.4, 0.5) is 4.39 Å². The summed E-state index contributed by atoms with van der Waals surface area (Å²) in [5, 5.41) is 17.9. The van der Waals surface area contributed by atoms with Crippen molar-refractivity contribution in [1.29, 1.82) is 0 Å². The molecule has 0 saturated heterocycles. The van der Waals surface area contributed by atoms with Gasteiger partial charge in [-0.2, -0.15) is 0 Å². The molecular formula is C9H12BFO3. The van der Waals surface area contributed by atoms with E-state index in [9.17, 15) is 4.39 Å². The minimum absolute atomic E-state index is 0.172. The zero-order chi connectivity index (χ0) is 10.7. The lowest BCUT2D eigenvalue weighted by atomic mass is 9.78. The van der Waals surface area contributed by atoms with Gasteiger partial charge in [0, 0.05) is 0 Å². The van der Waals surface area contributed by atoms with Gasteiger partial charge < -0.3 is 14.8 Å². The molecule has 0 aromatic heterocycles. The van der Waals surface area contributed by atoms with E-state index in [0.29, 0.717) is 12.2 Å². The Balaban J connectivity index is 3.23. The van der Waals surface area contributed by atoms with Crippen molar-refractivity contribution in [3.8, 4) is 5.75 Å². The van der Waals surface area contributed by atoms with E-state index < -0.39 is 12.9 Å². The highest BCUT2D eigenvalue weighted by Gasteiger charge is 2.23. The second-order valence-electron chi connectivity index (χ2n) is 2.91. The second kappa shape index (κ2) is 4.44. The summed E-state index contributed by atoms with van der Waals surface area (Å²) in [6, 6.07) is 3.06. The third kappa shape index (κ3) is 2.05. The minimum Gasteiger partial charge on any atom is -0.494 e. The van der Waals surface area contributed by atoms with Gasteiger partial charge >= 0.3 is 7.12 Å². The maximum absolute atomic E-state index is 13.4. The van der Waals surface area contributed by atoms with Gasteiger partial charge in [-0.15, -0.1) is 0 Å². The molecule has 0 aliphatic heterocycles. The summed E-state index contributed by atoms with van der Waals surface area (Å²) >= 11 is 0. The Kier molecular flexibility index (Phi) is 3.49. The first-order chi connectivity index (χ1) is 6.57. The van der Waals surface area contributed by atoms with Gasteiger partial charge in [0.2, 0.25) is 0 Å². The number of rotatable bonds is 3. The van der Waals surface area contributed by atoms with Crippen molar-refractivity contribution in [3.63, 3.8) is 0 Å². The molecule has 0 amide bonds. The summed E-state index contributed by atoms with van der Waals surface area (Å²) in [6.07, 6.45) is 0. The third-order valence-electron chi connectivity index (χ3n) is 1.89. The summed E-state index contributed by atoms with van der Waals surface area (Å²) in [5.74, 6) is -0.462. The van der Waals surface area contributed by atoms with E-state index in [1.54, 1.807) is 13.8 Å². The van der Waals surface area contributed by atoms with E-state index >= 15 is 0 Å². The molecule has 0 bridgehead atoms. The van der Waals surface area contributed by atoms with Gasteiger partial charge in [-0.3, -0.25) is 0 Å². The minimum atomic E-state index is -1.85. The zero-order valence-electron chi connectivity index (χ0n) is 8.12. The topological polar surface area (TPSA) is 49.7 Å². The Hall–Kier alpha value is -1.07. The lowest BCUT2D eigenvalue weighted by molar-refractivity contribution is 0.337. The Morgan fingerprint density at radius 3 is 2.57 bits per heavy atom. The average molecular weight is 198 g/mol. The second-order valence-corrected chi connectivity index (χ2v) is 2.91. The molecule has 0 heterocycles. The van der Waals surface area contributed by atoms with Gasteiger partial charge in [0.05, 0.1) is 12.1 Å². The van der Waals surface area contributed by atoms with Crippen LogP contribution in [0.15, 0.2) is 12.1 Å².